The van der Waals surface area contributed by atoms with Crippen molar-refractivity contribution >= 4 is 5.91 Å². The molecule has 0 bridgehead atoms. The molecule has 2 unspecified atom stereocenters. The van der Waals surface area contributed by atoms with Crippen molar-refractivity contribution in [3.05, 3.63) is 12.2 Å². The van der Waals surface area contributed by atoms with E-state index in [9.17, 15) is 4.79 Å². The van der Waals surface area contributed by atoms with Crippen molar-refractivity contribution in [3.63, 3.8) is 0 Å². The molecule has 1 amide bonds. The van der Waals surface area contributed by atoms with Crippen LogP contribution >= 0.6 is 0 Å². The Morgan fingerprint density at radius 2 is 2.33 bits per heavy atom. The van der Waals surface area contributed by atoms with Crippen molar-refractivity contribution in [2.45, 2.75) is 51.1 Å². The van der Waals surface area contributed by atoms with Crippen LogP contribution in [0.4, 0.5) is 0 Å². The van der Waals surface area contributed by atoms with Crippen molar-refractivity contribution in [1.29, 1.82) is 0 Å². The monoisotopic (exact) mass is 256 g/mol. The van der Waals surface area contributed by atoms with E-state index in [1.807, 2.05) is 19.1 Å². The highest BCUT2D eigenvalue weighted by atomic mass is 17.2. The van der Waals surface area contributed by atoms with Gasteiger partial charge in [-0.05, 0) is 26.2 Å². The normalized spacial score (nSPS) is 22.8. The van der Waals surface area contributed by atoms with Crippen LogP contribution in [0.25, 0.3) is 0 Å². The van der Waals surface area contributed by atoms with Gasteiger partial charge < -0.3 is 11.1 Å². The van der Waals surface area contributed by atoms with Gasteiger partial charge in [-0.25, -0.2) is 9.78 Å². The van der Waals surface area contributed by atoms with E-state index in [-0.39, 0.29) is 18.0 Å². The lowest BCUT2D eigenvalue weighted by atomic mass is 10.1. The van der Waals surface area contributed by atoms with Crippen molar-refractivity contribution in [3.8, 4) is 0 Å². The van der Waals surface area contributed by atoms with Gasteiger partial charge >= 0.3 is 0 Å². The molecule has 1 aliphatic rings. The predicted molar refractivity (Wildman–Crippen MR) is 69.7 cm³/mol. The minimum Gasteiger partial charge on any atom is -0.353 e. The second-order valence-corrected chi connectivity index (χ2v) is 4.53. The first-order chi connectivity index (χ1) is 8.72. The number of nitrogens with one attached hydrogen (secondary N) is 1. The minimum atomic E-state index is -0.168. The fourth-order valence-corrected chi connectivity index (χ4v) is 1.91. The summed E-state index contributed by atoms with van der Waals surface area (Å²) >= 11 is 0. The Kier molecular flexibility index (Phi) is 7.64. The Hall–Kier alpha value is -0.910. The van der Waals surface area contributed by atoms with Gasteiger partial charge in [-0.1, -0.05) is 18.6 Å². The van der Waals surface area contributed by atoms with E-state index >= 15 is 0 Å². The fraction of sp³-hybridized carbons (Fsp3) is 0.769. The highest BCUT2D eigenvalue weighted by Gasteiger charge is 2.14. The number of carbonyl (C=O) groups is 1. The van der Waals surface area contributed by atoms with E-state index in [0.29, 0.717) is 19.6 Å². The molecule has 2 atom stereocenters. The Morgan fingerprint density at radius 1 is 1.50 bits per heavy atom. The van der Waals surface area contributed by atoms with Crippen molar-refractivity contribution in [2.75, 3.05) is 13.2 Å². The summed E-state index contributed by atoms with van der Waals surface area (Å²) < 4.78 is 0. The van der Waals surface area contributed by atoms with Crippen LogP contribution in [0, 0.1) is 0 Å². The number of hydrogen-bond donors (Lipinski definition) is 2. The zero-order chi connectivity index (χ0) is 13.2. The van der Waals surface area contributed by atoms with Crippen LogP contribution in [0.2, 0.25) is 0 Å². The molecule has 0 radical (unpaired) electrons. The Labute approximate surface area is 109 Å². The van der Waals surface area contributed by atoms with Gasteiger partial charge in [-0.15, -0.1) is 0 Å². The molecule has 104 valence electrons. The highest BCUT2D eigenvalue weighted by molar-refractivity contribution is 5.76. The molecule has 5 nitrogen and oxygen atoms in total. The average molecular weight is 256 g/mol. The molecule has 5 heteroatoms. The third kappa shape index (κ3) is 6.74. The smallest absolute Gasteiger partial charge is 0.220 e. The third-order valence-corrected chi connectivity index (χ3v) is 2.84. The number of hydrogen-bond acceptors (Lipinski definition) is 4. The van der Waals surface area contributed by atoms with Gasteiger partial charge in [0, 0.05) is 18.5 Å². The van der Waals surface area contributed by atoms with Crippen LogP contribution < -0.4 is 11.1 Å². The Balaban J connectivity index is 2.19. The van der Waals surface area contributed by atoms with Crippen LogP contribution in [0.1, 0.15) is 39.0 Å². The molecule has 0 aromatic heterocycles. The van der Waals surface area contributed by atoms with E-state index in [4.69, 9.17) is 15.5 Å². The van der Waals surface area contributed by atoms with Crippen molar-refractivity contribution in [1.82, 2.24) is 5.32 Å². The second kappa shape index (κ2) is 9.08. The first-order valence-electron chi connectivity index (χ1n) is 6.68. The summed E-state index contributed by atoms with van der Waals surface area (Å²) in [6.45, 7) is 2.72. The summed E-state index contributed by atoms with van der Waals surface area (Å²) in [5.41, 5.74) is 5.81. The molecular weight excluding hydrogens is 232 g/mol. The zero-order valence-corrected chi connectivity index (χ0v) is 11.1. The minimum absolute atomic E-state index is 0.162. The van der Waals surface area contributed by atoms with Gasteiger partial charge in [-0.3, -0.25) is 4.79 Å². The van der Waals surface area contributed by atoms with Gasteiger partial charge in [0.2, 0.25) is 5.91 Å². The zero-order valence-electron chi connectivity index (χ0n) is 11.1. The quantitative estimate of drug-likeness (QED) is 0.311. The predicted octanol–water partition coefficient (Wildman–Crippen LogP) is 1.29. The van der Waals surface area contributed by atoms with E-state index in [1.54, 1.807) is 0 Å². The van der Waals surface area contributed by atoms with Crippen LogP contribution in [0.5, 0.6) is 0 Å². The Bertz CT molecular complexity index is 269. The second-order valence-electron chi connectivity index (χ2n) is 4.53. The molecule has 0 aromatic carbocycles. The standard InChI is InChI=1S/C13H24N2O3/c1-2-17-18-10-11(14)6-5-8-12-7-3-4-9-13(16)15-12/h5-6,11-12H,2-4,7-10,14H2,1H3,(H,15,16). The Morgan fingerprint density at radius 3 is 3.11 bits per heavy atom. The maximum Gasteiger partial charge on any atom is 0.220 e. The van der Waals surface area contributed by atoms with E-state index < -0.39 is 0 Å². The number of nitrogens with two attached hydrogens (primary N) is 1. The van der Waals surface area contributed by atoms with E-state index in [1.165, 1.54) is 0 Å². The van der Waals surface area contributed by atoms with Crippen LogP contribution in [0.3, 0.4) is 0 Å². The highest BCUT2D eigenvalue weighted by Crippen LogP contribution is 2.12. The molecule has 0 aliphatic carbocycles. The molecule has 18 heavy (non-hydrogen) atoms. The lowest BCUT2D eigenvalue weighted by molar-refractivity contribution is -0.291. The maximum absolute atomic E-state index is 11.4. The van der Waals surface area contributed by atoms with E-state index in [0.717, 1.165) is 25.7 Å². The molecule has 0 saturated carbocycles. The number of rotatable bonds is 7. The summed E-state index contributed by atoms with van der Waals surface area (Å²) in [5.74, 6) is 0.162. The fourth-order valence-electron chi connectivity index (χ4n) is 1.91. The third-order valence-electron chi connectivity index (χ3n) is 2.84. The molecule has 1 aliphatic heterocycles. The first-order valence-corrected chi connectivity index (χ1v) is 6.68. The molecule has 0 spiro atoms. The summed E-state index contributed by atoms with van der Waals surface area (Å²) in [4.78, 5) is 21.0. The van der Waals surface area contributed by atoms with Crippen molar-refractivity contribution in [2.24, 2.45) is 5.73 Å². The molecule has 1 fully saturated rings. The molecule has 1 heterocycles. The molecule has 3 N–H and O–H groups in total. The van der Waals surface area contributed by atoms with Crippen LogP contribution in [-0.2, 0) is 14.6 Å². The first kappa shape index (κ1) is 15.1. The lowest BCUT2D eigenvalue weighted by Crippen LogP contribution is -2.32. The van der Waals surface area contributed by atoms with Crippen LogP contribution in [-0.4, -0.2) is 31.2 Å². The van der Waals surface area contributed by atoms with Crippen molar-refractivity contribution < 1.29 is 14.6 Å². The maximum atomic E-state index is 11.4. The average Bonchev–Trinajstić information content (AvgIpc) is 2.54. The number of amides is 1. The molecular formula is C13H24N2O3. The summed E-state index contributed by atoms with van der Waals surface area (Å²) in [6.07, 6.45) is 8.54. The SMILES string of the molecule is CCOOCC(N)C=CCC1CCCCC(=O)N1. The summed E-state index contributed by atoms with van der Waals surface area (Å²) in [7, 11) is 0. The molecule has 1 rings (SSSR count). The van der Waals surface area contributed by atoms with Gasteiger partial charge in [-0.2, -0.15) is 0 Å². The van der Waals surface area contributed by atoms with Gasteiger partial charge in [0.05, 0.1) is 6.61 Å². The largest absolute Gasteiger partial charge is 0.353 e. The topological polar surface area (TPSA) is 73.6 Å². The lowest BCUT2D eigenvalue weighted by Gasteiger charge is -2.13. The number of carbonyl (C=O) groups excluding carboxylic acids is 1. The van der Waals surface area contributed by atoms with Crippen LogP contribution in [0.15, 0.2) is 12.2 Å². The van der Waals surface area contributed by atoms with E-state index in [2.05, 4.69) is 5.32 Å². The van der Waals surface area contributed by atoms with Gasteiger partial charge in [0.25, 0.3) is 0 Å². The van der Waals surface area contributed by atoms with Gasteiger partial charge in [0.15, 0.2) is 0 Å². The summed E-state index contributed by atoms with van der Waals surface area (Å²) in [6, 6.07) is 0.0780. The summed E-state index contributed by atoms with van der Waals surface area (Å²) in [5, 5.41) is 3.02. The van der Waals surface area contributed by atoms with Gasteiger partial charge in [0.1, 0.15) is 6.61 Å². The molecule has 0 aromatic rings. The molecule has 1 saturated heterocycles.